The van der Waals surface area contributed by atoms with E-state index in [2.05, 4.69) is 0 Å². The Morgan fingerprint density at radius 3 is 2.47 bits per heavy atom. The fourth-order valence-corrected chi connectivity index (χ4v) is 3.60. The van der Waals surface area contributed by atoms with Gasteiger partial charge < -0.3 is 9.15 Å². The largest absolute Gasteiger partial charge is 0.482 e. The van der Waals surface area contributed by atoms with E-state index < -0.39 is 23.4 Å². The summed E-state index contributed by atoms with van der Waals surface area (Å²) in [4.78, 5) is 13.4. The molecule has 1 atom stereocenters. The quantitative estimate of drug-likeness (QED) is 0.549. The average Bonchev–Trinajstić information content (AvgIpc) is 2.78. The number of alkyl halides is 3. The third-order valence-corrected chi connectivity index (χ3v) is 5.26. The van der Waals surface area contributed by atoms with Crippen molar-refractivity contribution in [2.75, 3.05) is 6.54 Å². The predicted molar refractivity (Wildman–Crippen MR) is 105 cm³/mol. The summed E-state index contributed by atoms with van der Waals surface area (Å²) in [6.07, 6.45) is -2.08. The van der Waals surface area contributed by atoms with Crippen LogP contribution in [0.4, 0.5) is 13.2 Å². The molecule has 4 nitrogen and oxygen atoms in total. The van der Waals surface area contributed by atoms with Crippen molar-refractivity contribution < 1.29 is 22.3 Å². The highest BCUT2D eigenvalue weighted by Crippen LogP contribution is 2.39. The summed E-state index contributed by atoms with van der Waals surface area (Å²) in [5, 5.41) is 0. The van der Waals surface area contributed by atoms with Gasteiger partial charge in [0.15, 0.2) is 5.76 Å². The van der Waals surface area contributed by atoms with Gasteiger partial charge >= 0.3 is 0 Å². The van der Waals surface area contributed by atoms with Gasteiger partial charge in [0.05, 0.1) is 0 Å². The van der Waals surface area contributed by atoms with Gasteiger partial charge in [-0.3, -0.25) is 9.69 Å². The van der Waals surface area contributed by atoms with E-state index in [0.29, 0.717) is 6.42 Å². The zero-order chi connectivity index (χ0) is 21.1. The van der Waals surface area contributed by atoms with Crippen molar-refractivity contribution in [3.8, 4) is 5.75 Å². The smallest absolute Gasteiger partial charge is 0.293 e. The molecule has 1 aliphatic heterocycles. The summed E-state index contributed by atoms with van der Waals surface area (Å²) in [5.74, 6) is -4.11. The van der Waals surface area contributed by atoms with Crippen LogP contribution in [0.5, 0.6) is 5.75 Å². The van der Waals surface area contributed by atoms with Gasteiger partial charge in [0.25, 0.3) is 12.2 Å². The van der Waals surface area contributed by atoms with Crippen LogP contribution in [0.1, 0.15) is 22.5 Å². The lowest BCUT2D eigenvalue weighted by molar-refractivity contribution is -0.166. The van der Waals surface area contributed by atoms with Crippen molar-refractivity contribution in [2.24, 2.45) is 0 Å². The van der Waals surface area contributed by atoms with Gasteiger partial charge in [-0.25, -0.2) is 13.2 Å². The number of benzene rings is 2. The molecule has 0 aliphatic carbocycles. The first kappa shape index (κ1) is 20.2. The number of nitrogens with zero attached hydrogens (tertiary/aromatic N) is 1. The lowest BCUT2D eigenvalue weighted by atomic mass is 9.97. The fraction of sp³-hybridized carbons (Fsp3) is 0.261. The van der Waals surface area contributed by atoms with Crippen molar-refractivity contribution in [1.82, 2.24) is 4.90 Å². The average molecular weight is 415 g/mol. The molecule has 3 aromatic rings. The zero-order valence-electron chi connectivity index (χ0n) is 16.1. The molecule has 0 saturated carbocycles. The zero-order valence-corrected chi connectivity index (χ0v) is 16.1. The van der Waals surface area contributed by atoms with E-state index in [1.54, 1.807) is 12.1 Å². The van der Waals surface area contributed by atoms with E-state index in [1.165, 1.54) is 0 Å². The molecular formula is C23H20F3NO3. The minimum Gasteiger partial charge on any atom is -0.482 e. The molecule has 0 spiro atoms. The SMILES string of the molecule is O=c1cc(C(F)(C(F)F)N2CCc3ccccc3C2)occ1OCc1ccccc1. The minimum atomic E-state index is -3.40. The van der Waals surface area contributed by atoms with Crippen LogP contribution in [0, 0.1) is 0 Å². The molecule has 4 rings (SSSR count). The Balaban J connectivity index is 1.58. The lowest BCUT2D eigenvalue weighted by Gasteiger charge is -2.38. The molecule has 1 unspecified atom stereocenters. The third kappa shape index (κ3) is 3.85. The van der Waals surface area contributed by atoms with E-state index >= 15 is 4.39 Å². The number of halogens is 3. The van der Waals surface area contributed by atoms with Crippen LogP contribution in [0.25, 0.3) is 0 Å². The molecule has 0 N–H and O–H groups in total. The predicted octanol–water partition coefficient (Wildman–Crippen LogP) is 4.66. The maximum Gasteiger partial charge on any atom is 0.293 e. The first-order valence-corrected chi connectivity index (χ1v) is 9.57. The minimum absolute atomic E-state index is 0.00696. The first-order valence-electron chi connectivity index (χ1n) is 9.57. The Morgan fingerprint density at radius 1 is 1.07 bits per heavy atom. The van der Waals surface area contributed by atoms with E-state index in [9.17, 15) is 13.6 Å². The van der Waals surface area contributed by atoms with Crippen LogP contribution >= 0.6 is 0 Å². The van der Waals surface area contributed by atoms with Gasteiger partial charge in [-0.15, -0.1) is 0 Å². The summed E-state index contributed by atoms with van der Waals surface area (Å²) >= 11 is 0. The topological polar surface area (TPSA) is 42.7 Å². The van der Waals surface area contributed by atoms with Crippen molar-refractivity contribution >= 4 is 0 Å². The molecule has 0 saturated heterocycles. The Kier molecular flexibility index (Phi) is 5.63. The molecule has 7 heteroatoms. The molecule has 0 fully saturated rings. The highest BCUT2D eigenvalue weighted by molar-refractivity contribution is 5.30. The molecule has 2 heterocycles. The number of hydrogen-bond donors (Lipinski definition) is 0. The molecular weight excluding hydrogens is 395 g/mol. The summed E-state index contributed by atoms with van der Waals surface area (Å²) < 4.78 is 54.1. The van der Waals surface area contributed by atoms with E-state index in [-0.39, 0.29) is 25.4 Å². The Labute approximate surface area is 171 Å². The van der Waals surface area contributed by atoms with E-state index in [0.717, 1.165) is 33.9 Å². The second kappa shape index (κ2) is 8.36. The van der Waals surface area contributed by atoms with Gasteiger partial charge in [0.1, 0.15) is 12.9 Å². The molecule has 30 heavy (non-hydrogen) atoms. The highest BCUT2D eigenvalue weighted by Gasteiger charge is 2.51. The van der Waals surface area contributed by atoms with Gasteiger partial charge in [-0.1, -0.05) is 54.6 Å². The van der Waals surface area contributed by atoms with E-state index in [1.807, 2.05) is 42.5 Å². The van der Waals surface area contributed by atoms with Gasteiger partial charge in [0.2, 0.25) is 11.2 Å². The van der Waals surface area contributed by atoms with Gasteiger partial charge in [0, 0.05) is 19.2 Å². The Morgan fingerprint density at radius 2 is 1.77 bits per heavy atom. The maximum absolute atomic E-state index is 15.7. The van der Waals surface area contributed by atoms with Crippen molar-refractivity contribution in [3.05, 3.63) is 99.6 Å². The van der Waals surface area contributed by atoms with Crippen molar-refractivity contribution in [1.29, 1.82) is 0 Å². The van der Waals surface area contributed by atoms with Crippen LogP contribution < -0.4 is 10.2 Å². The molecule has 0 bridgehead atoms. The van der Waals surface area contributed by atoms with Gasteiger partial charge in [-0.05, 0) is 23.1 Å². The number of hydrogen-bond acceptors (Lipinski definition) is 4. The standard InChI is InChI=1S/C23H20F3NO3/c24-22(25)23(26,27-11-10-17-8-4-5-9-18(17)13-27)21-12-19(28)20(15-30-21)29-14-16-6-2-1-3-7-16/h1-9,12,15,22H,10-11,13-14H2. The summed E-state index contributed by atoms with van der Waals surface area (Å²) in [5.41, 5.74) is 1.88. The molecule has 1 aromatic heterocycles. The lowest BCUT2D eigenvalue weighted by Crippen LogP contribution is -2.50. The number of fused-ring (bicyclic) bond motifs is 1. The number of rotatable bonds is 6. The highest BCUT2D eigenvalue weighted by atomic mass is 19.3. The second-order valence-electron chi connectivity index (χ2n) is 7.16. The fourth-order valence-electron chi connectivity index (χ4n) is 3.60. The van der Waals surface area contributed by atoms with Crippen LogP contribution in [0.2, 0.25) is 0 Å². The Hall–Kier alpha value is -3.06. The first-order chi connectivity index (χ1) is 14.5. The summed E-state index contributed by atoms with van der Waals surface area (Å²) in [7, 11) is 0. The van der Waals surface area contributed by atoms with Crippen LogP contribution in [-0.4, -0.2) is 17.9 Å². The summed E-state index contributed by atoms with van der Waals surface area (Å²) in [6.45, 7) is 0.171. The van der Waals surface area contributed by atoms with Crippen LogP contribution in [0.3, 0.4) is 0 Å². The van der Waals surface area contributed by atoms with Crippen LogP contribution in [0.15, 0.2) is 76.1 Å². The van der Waals surface area contributed by atoms with Crippen LogP contribution in [-0.2, 0) is 25.4 Å². The molecule has 0 amide bonds. The summed E-state index contributed by atoms with van der Waals surface area (Å²) in [6, 6.07) is 17.2. The van der Waals surface area contributed by atoms with Gasteiger partial charge in [-0.2, -0.15) is 0 Å². The van der Waals surface area contributed by atoms with Crippen molar-refractivity contribution in [2.45, 2.75) is 31.8 Å². The molecule has 2 aromatic carbocycles. The van der Waals surface area contributed by atoms with Crippen molar-refractivity contribution in [3.63, 3.8) is 0 Å². The molecule has 1 aliphatic rings. The Bertz CT molecular complexity index is 1070. The molecule has 156 valence electrons. The monoisotopic (exact) mass is 415 g/mol. The molecule has 0 radical (unpaired) electrons. The number of ether oxygens (including phenoxy) is 1. The van der Waals surface area contributed by atoms with E-state index in [4.69, 9.17) is 9.15 Å². The maximum atomic E-state index is 15.7. The normalized spacial score (nSPS) is 16.1. The second-order valence-corrected chi connectivity index (χ2v) is 7.16. The third-order valence-electron chi connectivity index (χ3n) is 5.26.